The fraction of sp³-hybridized carbons (Fsp3) is 0.241. The van der Waals surface area contributed by atoms with Crippen molar-refractivity contribution in [1.29, 1.82) is 0 Å². The smallest absolute Gasteiger partial charge is 0.258 e. The van der Waals surface area contributed by atoms with Crippen LogP contribution in [0.25, 0.3) is 11.3 Å². The lowest BCUT2D eigenvalue weighted by atomic mass is 9.99. The first-order valence-electron chi connectivity index (χ1n) is 12.2. The van der Waals surface area contributed by atoms with Crippen LogP contribution in [0.3, 0.4) is 0 Å². The van der Waals surface area contributed by atoms with Crippen molar-refractivity contribution in [3.8, 4) is 0 Å². The number of hydrogen-bond acceptors (Lipinski definition) is 4. The standard InChI is InChI=1S/C29H29ClN4O2/c1-3-33(2)18-19-6-11-22(12-7-19)31-28(27-24-15-10-21(30)17-25(24)32-29(27)36)20-8-13-23(14-9-20)34-16-4-5-26(34)35/h6-15,17,31H,3-5,16,18H2,1-2H3,(H,32,36)/b28-27-. The molecule has 0 aromatic heterocycles. The van der Waals surface area contributed by atoms with Gasteiger partial charge in [-0.3, -0.25) is 9.59 Å². The third-order valence-corrected chi connectivity index (χ3v) is 6.97. The van der Waals surface area contributed by atoms with E-state index < -0.39 is 0 Å². The van der Waals surface area contributed by atoms with E-state index in [1.165, 1.54) is 5.56 Å². The van der Waals surface area contributed by atoms with Gasteiger partial charge in [-0.15, -0.1) is 0 Å². The molecule has 2 aliphatic heterocycles. The number of fused-ring (bicyclic) bond motifs is 1. The van der Waals surface area contributed by atoms with Crippen molar-refractivity contribution in [2.24, 2.45) is 0 Å². The van der Waals surface area contributed by atoms with Crippen LogP contribution in [-0.4, -0.2) is 36.9 Å². The third-order valence-electron chi connectivity index (χ3n) is 6.73. The van der Waals surface area contributed by atoms with Crippen LogP contribution < -0.4 is 15.5 Å². The van der Waals surface area contributed by atoms with Crippen molar-refractivity contribution in [3.05, 3.63) is 88.4 Å². The molecule has 0 spiro atoms. The zero-order valence-electron chi connectivity index (χ0n) is 20.5. The lowest BCUT2D eigenvalue weighted by Gasteiger charge is -2.19. The van der Waals surface area contributed by atoms with Crippen molar-refractivity contribution in [1.82, 2.24) is 4.90 Å². The van der Waals surface area contributed by atoms with Crippen molar-refractivity contribution < 1.29 is 9.59 Å². The van der Waals surface area contributed by atoms with Gasteiger partial charge in [0.25, 0.3) is 5.91 Å². The molecule has 3 aromatic carbocycles. The van der Waals surface area contributed by atoms with E-state index in [2.05, 4.69) is 41.6 Å². The van der Waals surface area contributed by atoms with E-state index in [1.807, 2.05) is 47.4 Å². The van der Waals surface area contributed by atoms with Crippen LogP contribution in [0.15, 0.2) is 66.7 Å². The molecular formula is C29H29ClN4O2. The lowest BCUT2D eigenvalue weighted by molar-refractivity contribution is -0.117. The molecule has 0 bridgehead atoms. The van der Waals surface area contributed by atoms with Crippen LogP contribution in [0.5, 0.6) is 0 Å². The van der Waals surface area contributed by atoms with Crippen molar-refractivity contribution in [2.75, 3.05) is 35.7 Å². The molecule has 2 N–H and O–H groups in total. The van der Waals surface area contributed by atoms with Gasteiger partial charge in [-0.25, -0.2) is 0 Å². The van der Waals surface area contributed by atoms with Gasteiger partial charge >= 0.3 is 0 Å². The molecule has 6 nitrogen and oxygen atoms in total. The van der Waals surface area contributed by atoms with Crippen LogP contribution in [-0.2, 0) is 16.1 Å². The normalized spacial score (nSPS) is 16.4. The second-order valence-corrected chi connectivity index (χ2v) is 9.68. The highest BCUT2D eigenvalue weighted by Gasteiger charge is 2.29. The molecule has 36 heavy (non-hydrogen) atoms. The average Bonchev–Trinajstić information content (AvgIpc) is 3.45. The summed E-state index contributed by atoms with van der Waals surface area (Å²) in [6.45, 7) is 4.73. The fourth-order valence-electron chi connectivity index (χ4n) is 4.66. The molecule has 2 amide bonds. The number of halogens is 1. The molecule has 7 heteroatoms. The maximum absolute atomic E-state index is 13.2. The molecule has 1 fully saturated rings. The number of rotatable bonds is 7. The molecule has 2 heterocycles. The first-order valence-corrected chi connectivity index (χ1v) is 12.6. The lowest BCUT2D eigenvalue weighted by Crippen LogP contribution is -2.23. The van der Waals surface area contributed by atoms with E-state index in [4.69, 9.17) is 11.6 Å². The number of carbonyl (C=O) groups excluding carboxylic acids is 2. The van der Waals surface area contributed by atoms with Gasteiger partial charge in [0.1, 0.15) is 0 Å². The van der Waals surface area contributed by atoms with Crippen LogP contribution in [0.4, 0.5) is 17.1 Å². The van der Waals surface area contributed by atoms with E-state index in [0.29, 0.717) is 28.4 Å². The number of anilines is 3. The van der Waals surface area contributed by atoms with E-state index in [1.54, 1.807) is 12.1 Å². The first kappa shape index (κ1) is 24.1. The quantitative estimate of drug-likeness (QED) is 0.399. The Morgan fingerprint density at radius 3 is 2.47 bits per heavy atom. The second kappa shape index (κ2) is 10.2. The van der Waals surface area contributed by atoms with Crippen LogP contribution >= 0.6 is 11.6 Å². The monoisotopic (exact) mass is 500 g/mol. The Morgan fingerprint density at radius 2 is 1.81 bits per heavy atom. The summed E-state index contributed by atoms with van der Waals surface area (Å²) in [5.74, 6) is -0.0380. The summed E-state index contributed by atoms with van der Waals surface area (Å²) in [6, 6.07) is 21.5. The average molecular weight is 501 g/mol. The predicted octanol–water partition coefficient (Wildman–Crippen LogP) is 5.85. The van der Waals surface area contributed by atoms with Gasteiger partial charge in [-0.2, -0.15) is 0 Å². The summed E-state index contributed by atoms with van der Waals surface area (Å²) in [4.78, 5) is 29.4. The minimum atomic E-state index is -0.185. The summed E-state index contributed by atoms with van der Waals surface area (Å²) < 4.78 is 0. The zero-order chi connectivity index (χ0) is 25.2. The molecular weight excluding hydrogens is 472 g/mol. The van der Waals surface area contributed by atoms with Crippen molar-refractivity contribution in [3.63, 3.8) is 0 Å². The molecule has 3 aromatic rings. The maximum atomic E-state index is 13.2. The third kappa shape index (κ3) is 4.87. The van der Waals surface area contributed by atoms with Gasteiger partial charge in [0.15, 0.2) is 0 Å². The fourth-order valence-corrected chi connectivity index (χ4v) is 4.83. The Balaban J connectivity index is 1.54. The number of amides is 2. The number of benzene rings is 3. The van der Waals surface area contributed by atoms with E-state index in [9.17, 15) is 9.59 Å². The van der Waals surface area contributed by atoms with Gasteiger partial charge in [0.2, 0.25) is 5.91 Å². The Kier molecular flexibility index (Phi) is 6.81. The molecule has 184 valence electrons. The van der Waals surface area contributed by atoms with Gasteiger partial charge in [-0.05, 0) is 67.5 Å². The Morgan fingerprint density at radius 1 is 1.06 bits per heavy atom. The SMILES string of the molecule is CCN(C)Cc1ccc(N/C(=C2\C(=O)Nc3cc(Cl)ccc32)c2ccc(N3CCCC3=O)cc2)cc1. The van der Waals surface area contributed by atoms with Crippen molar-refractivity contribution in [2.45, 2.75) is 26.3 Å². The molecule has 0 radical (unpaired) electrons. The van der Waals surface area contributed by atoms with Crippen LogP contribution in [0.1, 0.15) is 36.5 Å². The van der Waals surface area contributed by atoms with E-state index in [-0.39, 0.29) is 11.8 Å². The number of hydrogen-bond donors (Lipinski definition) is 2. The minimum Gasteiger partial charge on any atom is -0.354 e. The van der Waals surface area contributed by atoms with Gasteiger partial charge < -0.3 is 20.4 Å². The Bertz CT molecular complexity index is 1330. The Labute approximate surface area is 216 Å². The Hall–Kier alpha value is -3.61. The minimum absolute atomic E-state index is 0.147. The van der Waals surface area contributed by atoms with Crippen molar-refractivity contribution >= 4 is 51.7 Å². The highest BCUT2D eigenvalue weighted by Crippen LogP contribution is 2.39. The predicted molar refractivity (Wildman–Crippen MR) is 147 cm³/mol. The molecule has 1 saturated heterocycles. The van der Waals surface area contributed by atoms with Gasteiger partial charge in [0.05, 0.1) is 17.0 Å². The van der Waals surface area contributed by atoms with E-state index >= 15 is 0 Å². The van der Waals surface area contributed by atoms with Gasteiger partial charge in [-0.1, -0.05) is 48.9 Å². The molecule has 0 unspecified atom stereocenters. The maximum Gasteiger partial charge on any atom is 0.258 e. The summed E-state index contributed by atoms with van der Waals surface area (Å²) in [5, 5.41) is 7.02. The second-order valence-electron chi connectivity index (χ2n) is 9.24. The molecule has 0 aliphatic carbocycles. The first-order chi connectivity index (χ1) is 17.4. The molecule has 0 atom stereocenters. The molecule has 0 saturated carbocycles. The van der Waals surface area contributed by atoms with Crippen LogP contribution in [0.2, 0.25) is 5.02 Å². The molecule has 5 rings (SSSR count). The zero-order valence-corrected chi connectivity index (χ0v) is 21.2. The molecule has 2 aliphatic rings. The van der Waals surface area contributed by atoms with Gasteiger partial charge in [0, 0.05) is 41.5 Å². The highest BCUT2D eigenvalue weighted by atomic mass is 35.5. The van der Waals surface area contributed by atoms with Crippen LogP contribution in [0, 0.1) is 0 Å². The summed E-state index contributed by atoms with van der Waals surface area (Å²) in [5.41, 5.74) is 6.58. The summed E-state index contributed by atoms with van der Waals surface area (Å²) >= 11 is 6.18. The largest absolute Gasteiger partial charge is 0.354 e. The summed E-state index contributed by atoms with van der Waals surface area (Å²) in [6.07, 6.45) is 1.46. The topological polar surface area (TPSA) is 64.7 Å². The number of nitrogens with one attached hydrogen (secondary N) is 2. The highest BCUT2D eigenvalue weighted by molar-refractivity contribution is 6.38. The van der Waals surface area contributed by atoms with E-state index in [0.717, 1.165) is 48.6 Å². The number of carbonyl (C=O) groups is 2. The number of nitrogens with zero attached hydrogens (tertiary/aromatic N) is 2. The summed E-state index contributed by atoms with van der Waals surface area (Å²) in [7, 11) is 2.09.